The first-order valence-electron chi connectivity index (χ1n) is 6.29. The summed E-state index contributed by atoms with van der Waals surface area (Å²) < 4.78 is 5.46. The molecule has 15 heavy (non-hydrogen) atoms. The van der Waals surface area contributed by atoms with Crippen molar-refractivity contribution in [2.75, 3.05) is 39.4 Å². The third-order valence-electron chi connectivity index (χ3n) is 4.18. The lowest BCUT2D eigenvalue weighted by Gasteiger charge is -2.51. The lowest BCUT2D eigenvalue weighted by molar-refractivity contribution is -0.0546. The van der Waals surface area contributed by atoms with Crippen LogP contribution >= 0.6 is 0 Å². The molecule has 2 fully saturated rings. The van der Waals surface area contributed by atoms with Crippen LogP contribution in [-0.4, -0.2) is 49.8 Å². The van der Waals surface area contributed by atoms with Crippen LogP contribution in [0.15, 0.2) is 0 Å². The summed E-state index contributed by atoms with van der Waals surface area (Å²) in [6.45, 7) is 11.2. The van der Waals surface area contributed by atoms with Gasteiger partial charge in [-0.1, -0.05) is 13.8 Å². The van der Waals surface area contributed by atoms with Crippen molar-refractivity contribution in [3.8, 4) is 0 Å². The molecule has 3 nitrogen and oxygen atoms in total. The zero-order valence-corrected chi connectivity index (χ0v) is 10.1. The number of rotatable bonds is 2. The Kier molecular flexibility index (Phi) is 3.65. The molecule has 2 saturated heterocycles. The predicted octanol–water partition coefficient (Wildman–Crippen LogP) is 1.10. The van der Waals surface area contributed by atoms with Crippen LogP contribution < -0.4 is 5.32 Å². The van der Waals surface area contributed by atoms with E-state index in [2.05, 4.69) is 24.1 Å². The first-order chi connectivity index (χ1) is 7.26. The topological polar surface area (TPSA) is 24.5 Å². The molecule has 0 saturated carbocycles. The van der Waals surface area contributed by atoms with Crippen LogP contribution in [0.4, 0.5) is 0 Å². The molecule has 0 unspecified atom stereocenters. The Balaban J connectivity index is 2.09. The van der Waals surface area contributed by atoms with Gasteiger partial charge in [-0.15, -0.1) is 0 Å². The van der Waals surface area contributed by atoms with Crippen molar-refractivity contribution in [3.05, 3.63) is 0 Å². The third kappa shape index (κ3) is 2.19. The van der Waals surface area contributed by atoms with Crippen molar-refractivity contribution in [1.29, 1.82) is 0 Å². The molecule has 2 aliphatic rings. The monoisotopic (exact) mass is 212 g/mol. The normalized spacial score (nSPS) is 28.2. The average Bonchev–Trinajstić information content (AvgIpc) is 2.31. The van der Waals surface area contributed by atoms with Gasteiger partial charge in [-0.05, 0) is 31.8 Å². The SMILES string of the molecule is CC(C)C1(N2CCOCC2)CCNCC1. The van der Waals surface area contributed by atoms with Crippen molar-refractivity contribution < 1.29 is 4.74 Å². The molecule has 1 N–H and O–H groups in total. The molecule has 88 valence electrons. The molecule has 0 bridgehead atoms. The standard InChI is InChI=1S/C12H24N2O/c1-11(2)12(3-5-13-6-4-12)14-7-9-15-10-8-14/h11,13H,3-10H2,1-2H3. The largest absolute Gasteiger partial charge is 0.379 e. The van der Waals surface area contributed by atoms with Gasteiger partial charge in [0.1, 0.15) is 0 Å². The predicted molar refractivity (Wildman–Crippen MR) is 62.1 cm³/mol. The summed E-state index contributed by atoms with van der Waals surface area (Å²) in [6, 6.07) is 0. The highest BCUT2D eigenvalue weighted by Crippen LogP contribution is 2.34. The Bertz CT molecular complexity index is 194. The third-order valence-corrected chi connectivity index (χ3v) is 4.18. The van der Waals surface area contributed by atoms with E-state index < -0.39 is 0 Å². The first kappa shape index (κ1) is 11.4. The zero-order valence-electron chi connectivity index (χ0n) is 10.1. The number of ether oxygens (including phenoxy) is 1. The number of morpholine rings is 1. The summed E-state index contributed by atoms with van der Waals surface area (Å²) in [7, 11) is 0. The van der Waals surface area contributed by atoms with Crippen LogP contribution in [0.5, 0.6) is 0 Å². The Morgan fingerprint density at radius 1 is 1.13 bits per heavy atom. The van der Waals surface area contributed by atoms with E-state index in [9.17, 15) is 0 Å². The van der Waals surface area contributed by atoms with E-state index in [0.717, 1.165) is 32.2 Å². The van der Waals surface area contributed by atoms with Gasteiger partial charge in [0, 0.05) is 18.6 Å². The number of nitrogens with one attached hydrogen (secondary N) is 1. The second-order valence-corrected chi connectivity index (χ2v) is 5.11. The molecule has 3 heteroatoms. The molecule has 0 aromatic carbocycles. The van der Waals surface area contributed by atoms with Crippen LogP contribution in [0.2, 0.25) is 0 Å². The smallest absolute Gasteiger partial charge is 0.0594 e. The van der Waals surface area contributed by atoms with Gasteiger partial charge in [-0.3, -0.25) is 4.90 Å². The fraction of sp³-hybridized carbons (Fsp3) is 1.00. The second-order valence-electron chi connectivity index (χ2n) is 5.11. The Labute approximate surface area is 93.2 Å². The lowest BCUT2D eigenvalue weighted by Crippen LogP contribution is -2.60. The lowest BCUT2D eigenvalue weighted by atomic mass is 9.76. The summed E-state index contributed by atoms with van der Waals surface area (Å²) in [4.78, 5) is 2.68. The molecule has 2 heterocycles. The van der Waals surface area contributed by atoms with Gasteiger partial charge in [-0.2, -0.15) is 0 Å². The van der Waals surface area contributed by atoms with Crippen molar-refractivity contribution in [2.24, 2.45) is 5.92 Å². The number of hydrogen-bond acceptors (Lipinski definition) is 3. The molecule has 0 radical (unpaired) electrons. The summed E-state index contributed by atoms with van der Waals surface area (Å²) in [5, 5.41) is 3.48. The molecule has 0 aromatic heterocycles. The van der Waals surface area contributed by atoms with Gasteiger partial charge in [-0.25, -0.2) is 0 Å². The molecule has 0 atom stereocenters. The maximum absolute atomic E-state index is 5.46. The molecule has 0 amide bonds. The fourth-order valence-corrected chi connectivity index (χ4v) is 3.13. The molecular weight excluding hydrogens is 188 g/mol. The summed E-state index contributed by atoms with van der Waals surface area (Å²) in [5.74, 6) is 0.748. The van der Waals surface area contributed by atoms with E-state index in [0.29, 0.717) is 5.54 Å². The van der Waals surface area contributed by atoms with E-state index in [4.69, 9.17) is 4.74 Å². The highest BCUT2D eigenvalue weighted by atomic mass is 16.5. The van der Waals surface area contributed by atoms with Gasteiger partial charge in [0.15, 0.2) is 0 Å². The molecule has 0 aliphatic carbocycles. The summed E-state index contributed by atoms with van der Waals surface area (Å²) in [5.41, 5.74) is 0.440. The van der Waals surface area contributed by atoms with Gasteiger partial charge < -0.3 is 10.1 Å². The minimum Gasteiger partial charge on any atom is -0.379 e. The highest BCUT2D eigenvalue weighted by Gasteiger charge is 2.40. The molecule has 2 rings (SSSR count). The zero-order chi connectivity index (χ0) is 10.7. The van der Waals surface area contributed by atoms with E-state index in [-0.39, 0.29) is 0 Å². The van der Waals surface area contributed by atoms with Crippen LogP contribution in [0.25, 0.3) is 0 Å². The number of hydrogen-bond donors (Lipinski definition) is 1. The Hall–Kier alpha value is -0.120. The quantitative estimate of drug-likeness (QED) is 0.742. The minimum atomic E-state index is 0.440. The van der Waals surface area contributed by atoms with E-state index >= 15 is 0 Å². The fourth-order valence-electron chi connectivity index (χ4n) is 3.13. The summed E-state index contributed by atoms with van der Waals surface area (Å²) in [6.07, 6.45) is 2.59. The molecular formula is C12H24N2O. The van der Waals surface area contributed by atoms with Gasteiger partial charge >= 0.3 is 0 Å². The Morgan fingerprint density at radius 2 is 1.73 bits per heavy atom. The van der Waals surface area contributed by atoms with Gasteiger partial charge in [0.05, 0.1) is 13.2 Å². The minimum absolute atomic E-state index is 0.440. The van der Waals surface area contributed by atoms with E-state index in [1.807, 2.05) is 0 Å². The van der Waals surface area contributed by atoms with Crippen molar-refractivity contribution in [3.63, 3.8) is 0 Å². The van der Waals surface area contributed by atoms with Crippen LogP contribution in [0.3, 0.4) is 0 Å². The van der Waals surface area contributed by atoms with Crippen molar-refractivity contribution >= 4 is 0 Å². The first-order valence-corrected chi connectivity index (χ1v) is 6.29. The van der Waals surface area contributed by atoms with E-state index in [1.165, 1.54) is 25.9 Å². The van der Waals surface area contributed by atoms with Crippen LogP contribution in [0, 0.1) is 5.92 Å². The van der Waals surface area contributed by atoms with Crippen molar-refractivity contribution in [1.82, 2.24) is 10.2 Å². The maximum Gasteiger partial charge on any atom is 0.0594 e. The Morgan fingerprint density at radius 3 is 2.27 bits per heavy atom. The maximum atomic E-state index is 5.46. The molecule has 2 aliphatic heterocycles. The van der Waals surface area contributed by atoms with Crippen LogP contribution in [0.1, 0.15) is 26.7 Å². The van der Waals surface area contributed by atoms with Gasteiger partial charge in [0.2, 0.25) is 0 Å². The number of nitrogens with zero attached hydrogens (tertiary/aromatic N) is 1. The van der Waals surface area contributed by atoms with Gasteiger partial charge in [0.25, 0.3) is 0 Å². The molecule has 0 aromatic rings. The summed E-state index contributed by atoms with van der Waals surface area (Å²) >= 11 is 0. The van der Waals surface area contributed by atoms with Crippen LogP contribution in [-0.2, 0) is 4.74 Å². The highest BCUT2D eigenvalue weighted by molar-refractivity contribution is 4.97. The van der Waals surface area contributed by atoms with Crippen molar-refractivity contribution in [2.45, 2.75) is 32.2 Å². The number of piperidine rings is 1. The second kappa shape index (κ2) is 4.81. The average molecular weight is 212 g/mol. The van der Waals surface area contributed by atoms with E-state index in [1.54, 1.807) is 0 Å². The molecule has 0 spiro atoms.